The van der Waals surface area contributed by atoms with Crippen LogP contribution in [-0.4, -0.2) is 39.0 Å². The molecule has 0 radical (unpaired) electrons. The van der Waals surface area contributed by atoms with Crippen LogP contribution >= 0.6 is 0 Å². The van der Waals surface area contributed by atoms with Crippen molar-refractivity contribution >= 4 is 5.91 Å². The topological polar surface area (TPSA) is 85.3 Å². The first-order chi connectivity index (χ1) is 12.8. The molecule has 7 heteroatoms. The zero-order chi connectivity index (χ0) is 17.8. The van der Waals surface area contributed by atoms with Crippen molar-refractivity contribution in [1.82, 2.24) is 20.0 Å². The average molecular weight is 352 g/mol. The third-order valence-electron chi connectivity index (χ3n) is 4.75. The molecular formula is C19H20N4O3. The van der Waals surface area contributed by atoms with Crippen molar-refractivity contribution in [2.75, 3.05) is 13.1 Å². The summed E-state index contributed by atoms with van der Waals surface area (Å²) in [5, 5.41) is 4.07. The molecule has 1 unspecified atom stereocenters. The van der Waals surface area contributed by atoms with Crippen molar-refractivity contribution in [2.24, 2.45) is 5.92 Å². The van der Waals surface area contributed by atoms with Gasteiger partial charge < -0.3 is 13.8 Å². The van der Waals surface area contributed by atoms with Gasteiger partial charge in [0.1, 0.15) is 6.26 Å². The maximum Gasteiger partial charge on any atom is 0.258 e. The Balaban J connectivity index is 1.33. The Hall–Kier alpha value is -2.96. The molecule has 1 amide bonds. The molecule has 26 heavy (non-hydrogen) atoms. The fourth-order valence-electron chi connectivity index (χ4n) is 3.35. The first kappa shape index (κ1) is 16.5. The first-order valence-electron chi connectivity index (χ1n) is 8.84. The van der Waals surface area contributed by atoms with E-state index in [1.807, 2.05) is 17.0 Å². The van der Waals surface area contributed by atoms with Gasteiger partial charge in [0, 0.05) is 37.5 Å². The highest BCUT2D eigenvalue weighted by molar-refractivity contribution is 5.93. The number of furan rings is 1. The number of piperidine rings is 1. The van der Waals surface area contributed by atoms with Gasteiger partial charge in [-0.2, -0.15) is 4.98 Å². The fraction of sp³-hybridized carbons (Fsp3) is 0.368. The lowest BCUT2D eigenvalue weighted by molar-refractivity contribution is 0.0667. The molecule has 3 aromatic rings. The number of pyridine rings is 1. The molecule has 0 saturated carbocycles. The lowest BCUT2D eigenvalue weighted by atomic mass is 9.93. The number of aromatic nitrogens is 3. The quantitative estimate of drug-likeness (QED) is 0.701. The van der Waals surface area contributed by atoms with E-state index in [2.05, 4.69) is 15.1 Å². The van der Waals surface area contributed by atoms with E-state index < -0.39 is 0 Å². The normalized spacial score (nSPS) is 17.4. The monoisotopic (exact) mass is 352 g/mol. The third kappa shape index (κ3) is 3.66. The van der Waals surface area contributed by atoms with Crippen LogP contribution in [0.2, 0.25) is 0 Å². The van der Waals surface area contributed by atoms with Crippen molar-refractivity contribution < 1.29 is 13.7 Å². The Morgan fingerprint density at radius 1 is 1.27 bits per heavy atom. The number of aryl methyl sites for hydroxylation is 1. The van der Waals surface area contributed by atoms with Crippen LogP contribution < -0.4 is 0 Å². The molecule has 1 aliphatic heterocycles. The number of hydrogen-bond donors (Lipinski definition) is 0. The van der Waals surface area contributed by atoms with Crippen LogP contribution in [0.25, 0.3) is 11.5 Å². The second-order valence-corrected chi connectivity index (χ2v) is 6.56. The SMILES string of the molecule is O=C(c1ccoc1)N1CCCC(CCc2noc(-c3ccncc3)n2)C1. The van der Waals surface area contributed by atoms with Crippen LogP contribution in [0.15, 0.2) is 52.1 Å². The smallest absolute Gasteiger partial charge is 0.258 e. The molecule has 0 aromatic carbocycles. The number of amides is 1. The zero-order valence-corrected chi connectivity index (χ0v) is 14.4. The maximum atomic E-state index is 12.5. The highest BCUT2D eigenvalue weighted by Gasteiger charge is 2.25. The van der Waals surface area contributed by atoms with Gasteiger partial charge in [0.15, 0.2) is 5.82 Å². The molecule has 0 spiro atoms. The Bertz CT molecular complexity index is 845. The fourth-order valence-corrected chi connectivity index (χ4v) is 3.35. The molecular weight excluding hydrogens is 332 g/mol. The minimum atomic E-state index is 0.0444. The largest absolute Gasteiger partial charge is 0.472 e. The molecule has 0 aliphatic carbocycles. The molecule has 1 aliphatic rings. The van der Waals surface area contributed by atoms with Crippen molar-refractivity contribution in [3.8, 4) is 11.5 Å². The van der Waals surface area contributed by atoms with Gasteiger partial charge in [0.05, 0.1) is 11.8 Å². The summed E-state index contributed by atoms with van der Waals surface area (Å²) in [7, 11) is 0. The standard InChI is InChI=1S/C19H20N4O3/c24-19(16-7-11-25-13-16)23-10-1-2-14(12-23)3-4-17-21-18(26-22-17)15-5-8-20-9-6-15/h5-9,11,13-14H,1-4,10,12H2. The van der Waals surface area contributed by atoms with Gasteiger partial charge in [-0.1, -0.05) is 5.16 Å². The van der Waals surface area contributed by atoms with E-state index in [4.69, 9.17) is 8.94 Å². The van der Waals surface area contributed by atoms with Crippen LogP contribution in [0.1, 0.15) is 35.4 Å². The van der Waals surface area contributed by atoms with Gasteiger partial charge in [0.25, 0.3) is 11.8 Å². The predicted octanol–water partition coefficient (Wildman–Crippen LogP) is 3.21. The van der Waals surface area contributed by atoms with Crippen LogP contribution in [0, 0.1) is 5.92 Å². The number of nitrogens with zero attached hydrogens (tertiary/aromatic N) is 4. The van der Waals surface area contributed by atoms with E-state index in [0.29, 0.717) is 23.2 Å². The zero-order valence-electron chi connectivity index (χ0n) is 14.4. The molecule has 7 nitrogen and oxygen atoms in total. The molecule has 0 N–H and O–H groups in total. The number of carbonyl (C=O) groups excluding carboxylic acids is 1. The second-order valence-electron chi connectivity index (χ2n) is 6.56. The Morgan fingerprint density at radius 3 is 2.96 bits per heavy atom. The first-order valence-corrected chi connectivity index (χ1v) is 8.84. The van der Waals surface area contributed by atoms with Gasteiger partial charge in [-0.25, -0.2) is 0 Å². The van der Waals surface area contributed by atoms with E-state index >= 15 is 0 Å². The summed E-state index contributed by atoms with van der Waals surface area (Å²) in [5.41, 5.74) is 1.49. The number of hydrogen-bond acceptors (Lipinski definition) is 6. The Morgan fingerprint density at radius 2 is 2.15 bits per heavy atom. The highest BCUT2D eigenvalue weighted by atomic mass is 16.5. The molecule has 1 fully saturated rings. The summed E-state index contributed by atoms with van der Waals surface area (Å²) in [6.45, 7) is 1.56. The lowest BCUT2D eigenvalue weighted by Crippen LogP contribution is -2.39. The van der Waals surface area contributed by atoms with E-state index in [-0.39, 0.29) is 5.91 Å². The van der Waals surface area contributed by atoms with E-state index in [0.717, 1.165) is 44.3 Å². The Kier molecular flexibility index (Phi) is 4.77. The van der Waals surface area contributed by atoms with E-state index in [1.54, 1.807) is 18.5 Å². The summed E-state index contributed by atoms with van der Waals surface area (Å²) in [4.78, 5) is 22.8. The van der Waals surface area contributed by atoms with Crippen LogP contribution in [0.5, 0.6) is 0 Å². The summed E-state index contributed by atoms with van der Waals surface area (Å²) in [6.07, 6.45) is 10.3. The van der Waals surface area contributed by atoms with Crippen LogP contribution in [-0.2, 0) is 6.42 Å². The number of carbonyl (C=O) groups is 1. The molecule has 4 rings (SSSR count). The predicted molar refractivity (Wildman–Crippen MR) is 93.2 cm³/mol. The van der Waals surface area contributed by atoms with E-state index in [1.165, 1.54) is 12.5 Å². The van der Waals surface area contributed by atoms with Crippen molar-refractivity contribution in [3.05, 3.63) is 54.5 Å². The van der Waals surface area contributed by atoms with Crippen molar-refractivity contribution in [1.29, 1.82) is 0 Å². The molecule has 0 bridgehead atoms. The minimum absolute atomic E-state index is 0.0444. The van der Waals surface area contributed by atoms with Gasteiger partial charge in [-0.3, -0.25) is 9.78 Å². The summed E-state index contributed by atoms with van der Waals surface area (Å²) in [5.74, 6) is 1.71. The van der Waals surface area contributed by atoms with Gasteiger partial charge in [0.2, 0.25) is 0 Å². The second kappa shape index (κ2) is 7.51. The molecule has 134 valence electrons. The molecule has 4 heterocycles. The van der Waals surface area contributed by atoms with Crippen molar-refractivity contribution in [3.63, 3.8) is 0 Å². The molecule has 1 atom stereocenters. The third-order valence-corrected chi connectivity index (χ3v) is 4.75. The van der Waals surface area contributed by atoms with Gasteiger partial charge in [-0.15, -0.1) is 0 Å². The molecule has 3 aromatic heterocycles. The van der Waals surface area contributed by atoms with Crippen molar-refractivity contribution in [2.45, 2.75) is 25.7 Å². The van der Waals surface area contributed by atoms with Gasteiger partial charge >= 0.3 is 0 Å². The van der Waals surface area contributed by atoms with E-state index in [9.17, 15) is 4.79 Å². The summed E-state index contributed by atoms with van der Waals surface area (Å²) >= 11 is 0. The molecule has 1 saturated heterocycles. The maximum absolute atomic E-state index is 12.5. The number of likely N-dealkylation sites (tertiary alicyclic amines) is 1. The summed E-state index contributed by atoms with van der Waals surface area (Å²) in [6, 6.07) is 5.40. The lowest BCUT2D eigenvalue weighted by Gasteiger charge is -2.32. The van der Waals surface area contributed by atoms with Crippen LogP contribution in [0.4, 0.5) is 0 Å². The summed E-state index contributed by atoms with van der Waals surface area (Å²) < 4.78 is 10.4. The van der Waals surface area contributed by atoms with Gasteiger partial charge in [-0.05, 0) is 43.4 Å². The number of rotatable bonds is 5. The average Bonchev–Trinajstić information content (AvgIpc) is 3.39. The minimum Gasteiger partial charge on any atom is -0.472 e. The highest BCUT2D eigenvalue weighted by Crippen LogP contribution is 2.23. The van der Waals surface area contributed by atoms with Crippen LogP contribution in [0.3, 0.4) is 0 Å². The Labute approximate surface area is 151 Å².